The van der Waals surface area contributed by atoms with Crippen molar-refractivity contribution in [1.82, 2.24) is 9.80 Å². The van der Waals surface area contributed by atoms with Crippen LogP contribution in [0.5, 0.6) is 0 Å². The Bertz CT molecular complexity index is 945. The van der Waals surface area contributed by atoms with Crippen molar-refractivity contribution in [2.24, 2.45) is 5.92 Å². The molecule has 1 fully saturated rings. The number of sulfone groups is 1. The topological polar surface area (TPSA) is 57.7 Å². The molecular weight excluding hydrogens is 408 g/mol. The lowest BCUT2D eigenvalue weighted by Crippen LogP contribution is -2.53. The number of carbonyl (C=O) groups is 1. The van der Waals surface area contributed by atoms with E-state index in [4.69, 9.17) is 0 Å². The van der Waals surface area contributed by atoms with Crippen LogP contribution in [-0.2, 0) is 9.84 Å². The van der Waals surface area contributed by atoms with Gasteiger partial charge >= 0.3 is 0 Å². The normalized spacial score (nSPS) is 18.6. The molecule has 1 heterocycles. The van der Waals surface area contributed by atoms with Gasteiger partial charge in [-0.1, -0.05) is 50.2 Å². The minimum atomic E-state index is -3.50. The number of nitrogens with zero attached hydrogens (tertiary/aromatic N) is 2. The highest BCUT2D eigenvalue weighted by Gasteiger charge is 2.37. The third kappa shape index (κ3) is 5.74. The number of carbonyl (C=O) groups excluding carboxylic acids is 1. The summed E-state index contributed by atoms with van der Waals surface area (Å²) in [6.07, 6.45) is 3.20. The maximum atomic E-state index is 13.6. The standard InChI is InChI=1S/C25H34N2O3S/c1-20(2)16-17-24(31(29,30)23-14-8-5-9-15-23)27-18-10-13-22(19-27)26(3)25(28)21-11-6-4-7-12-21/h4-9,11-12,14-15,20,22,24H,10,13,16-19H2,1-3H3. The Labute approximate surface area is 187 Å². The van der Waals surface area contributed by atoms with Crippen molar-refractivity contribution in [2.75, 3.05) is 20.1 Å². The van der Waals surface area contributed by atoms with Gasteiger partial charge in [-0.3, -0.25) is 9.69 Å². The van der Waals surface area contributed by atoms with Crippen LogP contribution < -0.4 is 0 Å². The SMILES string of the molecule is CC(C)CCC(N1CCCC(N(C)C(=O)c2ccccc2)C1)S(=O)(=O)c1ccccc1. The monoisotopic (exact) mass is 442 g/mol. The summed E-state index contributed by atoms with van der Waals surface area (Å²) in [6.45, 7) is 5.55. The second-order valence-electron chi connectivity index (χ2n) is 8.86. The maximum absolute atomic E-state index is 13.6. The number of amides is 1. The lowest BCUT2D eigenvalue weighted by molar-refractivity contribution is 0.0594. The smallest absolute Gasteiger partial charge is 0.253 e. The molecule has 0 radical (unpaired) electrons. The predicted molar refractivity (Wildman–Crippen MR) is 125 cm³/mol. The van der Waals surface area contributed by atoms with Gasteiger partial charge in [0.1, 0.15) is 5.37 Å². The van der Waals surface area contributed by atoms with Crippen LogP contribution >= 0.6 is 0 Å². The molecule has 2 atom stereocenters. The molecule has 3 rings (SSSR count). The first-order valence-corrected chi connectivity index (χ1v) is 12.7. The molecule has 0 saturated carbocycles. The van der Waals surface area contributed by atoms with Gasteiger partial charge in [0.15, 0.2) is 9.84 Å². The number of benzene rings is 2. The molecule has 0 spiro atoms. The van der Waals surface area contributed by atoms with Gasteiger partial charge in [-0.05, 0) is 62.4 Å². The lowest BCUT2D eigenvalue weighted by atomic mass is 10.0. The minimum absolute atomic E-state index is 0.00557. The number of piperidine rings is 1. The fourth-order valence-corrected chi connectivity index (χ4v) is 6.17. The van der Waals surface area contributed by atoms with Crippen molar-refractivity contribution in [3.05, 3.63) is 66.2 Å². The average molecular weight is 443 g/mol. The van der Waals surface area contributed by atoms with E-state index < -0.39 is 15.2 Å². The van der Waals surface area contributed by atoms with E-state index in [2.05, 4.69) is 18.7 Å². The van der Waals surface area contributed by atoms with E-state index in [0.717, 1.165) is 25.8 Å². The number of likely N-dealkylation sites (tertiary alicyclic amines) is 1. The number of rotatable bonds is 8. The molecule has 0 aromatic heterocycles. The summed E-state index contributed by atoms with van der Waals surface area (Å²) < 4.78 is 27.1. The van der Waals surface area contributed by atoms with E-state index in [1.54, 1.807) is 29.2 Å². The molecule has 2 unspecified atom stereocenters. The number of hydrogen-bond donors (Lipinski definition) is 0. The predicted octanol–water partition coefficient (Wildman–Crippen LogP) is 4.46. The van der Waals surface area contributed by atoms with E-state index in [1.807, 2.05) is 43.4 Å². The molecule has 168 valence electrons. The Balaban J connectivity index is 1.81. The highest BCUT2D eigenvalue weighted by molar-refractivity contribution is 7.92. The third-order valence-electron chi connectivity index (χ3n) is 6.14. The summed E-state index contributed by atoms with van der Waals surface area (Å²) in [7, 11) is -1.66. The van der Waals surface area contributed by atoms with Crippen molar-refractivity contribution in [3.63, 3.8) is 0 Å². The Hall–Kier alpha value is -2.18. The first-order valence-electron chi connectivity index (χ1n) is 11.2. The molecule has 1 amide bonds. The van der Waals surface area contributed by atoms with Crippen LogP contribution in [0.1, 0.15) is 49.9 Å². The van der Waals surface area contributed by atoms with Crippen LogP contribution in [0.25, 0.3) is 0 Å². The Kier molecular flexibility index (Phi) is 7.89. The van der Waals surface area contributed by atoms with Crippen molar-refractivity contribution < 1.29 is 13.2 Å². The van der Waals surface area contributed by atoms with E-state index in [-0.39, 0.29) is 11.9 Å². The van der Waals surface area contributed by atoms with Crippen LogP contribution in [0, 0.1) is 5.92 Å². The van der Waals surface area contributed by atoms with Crippen molar-refractivity contribution >= 4 is 15.7 Å². The summed E-state index contributed by atoms with van der Waals surface area (Å²) in [4.78, 5) is 17.2. The van der Waals surface area contributed by atoms with Gasteiger partial charge in [0, 0.05) is 25.2 Å². The number of hydrogen-bond acceptors (Lipinski definition) is 4. The molecule has 1 aliphatic heterocycles. The summed E-state index contributed by atoms with van der Waals surface area (Å²) in [5.41, 5.74) is 0.662. The van der Waals surface area contributed by atoms with Crippen LogP contribution in [0.2, 0.25) is 0 Å². The van der Waals surface area contributed by atoms with Gasteiger partial charge < -0.3 is 4.90 Å². The zero-order valence-corrected chi connectivity index (χ0v) is 19.6. The highest BCUT2D eigenvalue weighted by atomic mass is 32.2. The van der Waals surface area contributed by atoms with Crippen LogP contribution in [0.4, 0.5) is 0 Å². The maximum Gasteiger partial charge on any atom is 0.253 e. The minimum Gasteiger partial charge on any atom is -0.337 e. The summed E-state index contributed by atoms with van der Waals surface area (Å²) in [5.74, 6) is 0.411. The molecule has 2 aromatic carbocycles. The first-order chi connectivity index (χ1) is 14.8. The molecule has 5 nitrogen and oxygen atoms in total. The van der Waals surface area contributed by atoms with Gasteiger partial charge in [0.2, 0.25) is 0 Å². The quantitative estimate of drug-likeness (QED) is 0.606. The van der Waals surface area contributed by atoms with Gasteiger partial charge in [0.25, 0.3) is 5.91 Å². The highest BCUT2D eigenvalue weighted by Crippen LogP contribution is 2.28. The lowest BCUT2D eigenvalue weighted by Gasteiger charge is -2.41. The summed E-state index contributed by atoms with van der Waals surface area (Å²) in [5, 5.41) is -0.569. The van der Waals surface area contributed by atoms with Gasteiger partial charge in [-0.2, -0.15) is 0 Å². The zero-order valence-electron chi connectivity index (χ0n) is 18.8. The largest absolute Gasteiger partial charge is 0.337 e. The number of likely N-dealkylation sites (N-methyl/N-ethyl adjacent to an activating group) is 1. The second-order valence-corrected chi connectivity index (χ2v) is 11.0. The zero-order chi connectivity index (χ0) is 22.4. The molecular formula is C25H34N2O3S. The molecule has 0 bridgehead atoms. The van der Waals surface area contributed by atoms with E-state index in [0.29, 0.717) is 29.3 Å². The van der Waals surface area contributed by atoms with Gasteiger partial charge in [0.05, 0.1) is 4.90 Å². The van der Waals surface area contributed by atoms with Crippen LogP contribution in [0.15, 0.2) is 65.6 Å². The molecule has 1 saturated heterocycles. The van der Waals surface area contributed by atoms with E-state index >= 15 is 0 Å². The molecule has 1 aliphatic rings. The van der Waals surface area contributed by atoms with Crippen molar-refractivity contribution in [1.29, 1.82) is 0 Å². The Morgan fingerprint density at radius 2 is 1.65 bits per heavy atom. The van der Waals surface area contributed by atoms with E-state index in [9.17, 15) is 13.2 Å². The average Bonchev–Trinajstić information content (AvgIpc) is 2.79. The third-order valence-corrected chi connectivity index (χ3v) is 8.32. The van der Waals surface area contributed by atoms with E-state index in [1.165, 1.54) is 0 Å². The molecule has 0 N–H and O–H groups in total. The molecule has 6 heteroatoms. The summed E-state index contributed by atoms with van der Waals surface area (Å²) in [6, 6.07) is 18.0. The molecule has 2 aromatic rings. The van der Waals surface area contributed by atoms with Crippen LogP contribution in [0.3, 0.4) is 0 Å². The van der Waals surface area contributed by atoms with Gasteiger partial charge in [-0.15, -0.1) is 0 Å². The van der Waals surface area contributed by atoms with Gasteiger partial charge in [-0.25, -0.2) is 8.42 Å². The Morgan fingerprint density at radius 3 is 2.26 bits per heavy atom. The molecule has 0 aliphatic carbocycles. The molecule has 31 heavy (non-hydrogen) atoms. The first kappa shape index (κ1) is 23.5. The van der Waals surface area contributed by atoms with Crippen molar-refractivity contribution in [2.45, 2.75) is 55.8 Å². The summed E-state index contributed by atoms with van der Waals surface area (Å²) >= 11 is 0. The van der Waals surface area contributed by atoms with Crippen LogP contribution in [-0.4, -0.2) is 55.7 Å². The second kappa shape index (κ2) is 10.4. The fraction of sp³-hybridized carbons (Fsp3) is 0.480. The fourth-order valence-electron chi connectivity index (χ4n) is 4.29. The van der Waals surface area contributed by atoms with Crippen molar-refractivity contribution in [3.8, 4) is 0 Å². The Morgan fingerprint density at radius 1 is 1.03 bits per heavy atom.